The lowest BCUT2D eigenvalue weighted by Gasteiger charge is -2.30. The Kier molecular flexibility index (Phi) is 6.62. The Bertz CT molecular complexity index is 1280. The van der Waals surface area contributed by atoms with E-state index >= 15 is 0 Å². The zero-order valence-electron chi connectivity index (χ0n) is 21.9. The molecular weight excluding hydrogens is 509 g/mol. The molecule has 1 aliphatic heterocycles. The molecule has 6 rings (SSSR count). The summed E-state index contributed by atoms with van der Waals surface area (Å²) in [5, 5.41) is 6.48. The van der Waals surface area contributed by atoms with Crippen LogP contribution in [-0.4, -0.2) is 52.2 Å². The molecule has 0 radical (unpaired) electrons. The van der Waals surface area contributed by atoms with E-state index in [9.17, 15) is 27.6 Å². The average molecular weight is 545 g/mol. The summed E-state index contributed by atoms with van der Waals surface area (Å²) < 4.78 is 41.6. The average Bonchev–Trinajstić information content (AvgIpc) is 3.79. The Morgan fingerprint density at radius 2 is 1.79 bits per heavy atom. The fraction of sp³-hybridized carbons (Fsp3) is 0.621. The lowest BCUT2D eigenvalue weighted by atomic mass is 9.86. The van der Waals surface area contributed by atoms with Gasteiger partial charge in [0.15, 0.2) is 0 Å². The van der Waals surface area contributed by atoms with Gasteiger partial charge in [-0.1, -0.05) is 12.1 Å². The maximum atomic E-state index is 14.3. The van der Waals surface area contributed by atoms with Crippen LogP contribution in [0.25, 0.3) is 10.9 Å². The quantitative estimate of drug-likeness (QED) is 0.456. The van der Waals surface area contributed by atoms with Gasteiger partial charge in [0.25, 0.3) is 0 Å². The molecule has 4 fully saturated rings. The first-order chi connectivity index (χ1) is 18.6. The standard InChI is InChI=1S/C29H35F3N4O3/c30-20-4-1-3-19-15-23(34-25(19)20)28(12-13-28)35-27(39)21(33-26(38)18-8-10-29(31,32)11-9-18)16-24(37)36-14-2-5-22(36)17-6-7-17/h1,3-4,15,17-18,21-22,34H,2,5-14,16H2,(H,33,38)(H,35,39)/t21-,22?/m0/s1. The number of para-hydroxylation sites is 1. The van der Waals surface area contributed by atoms with E-state index in [2.05, 4.69) is 15.6 Å². The molecule has 3 saturated carbocycles. The third kappa shape index (κ3) is 5.39. The summed E-state index contributed by atoms with van der Waals surface area (Å²) in [5.41, 5.74) is 0.309. The van der Waals surface area contributed by atoms with Crippen LogP contribution in [0.2, 0.25) is 0 Å². The molecule has 10 heteroatoms. The molecule has 3 N–H and O–H groups in total. The number of aromatic amines is 1. The van der Waals surface area contributed by atoms with Gasteiger partial charge in [0.2, 0.25) is 23.6 Å². The fourth-order valence-corrected chi connectivity index (χ4v) is 6.45. The van der Waals surface area contributed by atoms with Gasteiger partial charge in [0.1, 0.15) is 11.9 Å². The Morgan fingerprint density at radius 3 is 2.46 bits per heavy atom. The van der Waals surface area contributed by atoms with Crippen molar-refractivity contribution >= 4 is 28.6 Å². The van der Waals surface area contributed by atoms with Gasteiger partial charge < -0.3 is 20.5 Å². The number of likely N-dealkylation sites (tertiary alicyclic amines) is 1. The predicted octanol–water partition coefficient (Wildman–Crippen LogP) is 4.51. The number of rotatable bonds is 8. The number of H-pyrrole nitrogens is 1. The molecular formula is C29H35F3N4O3. The largest absolute Gasteiger partial charge is 0.354 e. The molecule has 2 aromatic rings. The first-order valence-electron chi connectivity index (χ1n) is 14.2. The number of benzene rings is 1. The molecule has 1 saturated heterocycles. The number of amides is 3. The molecule has 2 atom stereocenters. The Morgan fingerprint density at radius 1 is 1.05 bits per heavy atom. The van der Waals surface area contributed by atoms with Crippen LogP contribution < -0.4 is 10.6 Å². The molecule has 3 amide bonds. The number of fused-ring (bicyclic) bond motifs is 1. The SMILES string of the molecule is O=C(N[C@@H](CC(=O)N1CCCC1C1CC1)C(=O)NC1(c2cc3cccc(F)c3[nH]2)CC1)C1CCC(F)(F)CC1. The van der Waals surface area contributed by atoms with E-state index in [4.69, 9.17) is 0 Å². The van der Waals surface area contributed by atoms with Gasteiger partial charge in [-0.15, -0.1) is 0 Å². The van der Waals surface area contributed by atoms with E-state index in [1.807, 2.05) is 11.0 Å². The van der Waals surface area contributed by atoms with Gasteiger partial charge in [0, 0.05) is 42.4 Å². The van der Waals surface area contributed by atoms with E-state index in [0.717, 1.165) is 25.7 Å². The molecule has 39 heavy (non-hydrogen) atoms. The minimum Gasteiger partial charge on any atom is -0.354 e. The summed E-state index contributed by atoms with van der Waals surface area (Å²) in [4.78, 5) is 45.1. The lowest BCUT2D eigenvalue weighted by molar-refractivity contribution is -0.138. The van der Waals surface area contributed by atoms with Gasteiger partial charge in [-0.3, -0.25) is 14.4 Å². The first kappa shape index (κ1) is 26.2. The highest BCUT2D eigenvalue weighted by molar-refractivity contribution is 5.93. The van der Waals surface area contributed by atoms with Crippen LogP contribution in [-0.2, 0) is 19.9 Å². The smallest absolute Gasteiger partial charge is 0.248 e. The molecule has 2 heterocycles. The summed E-state index contributed by atoms with van der Waals surface area (Å²) in [6.07, 6.45) is 4.54. The van der Waals surface area contributed by atoms with Crippen molar-refractivity contribution in [2.24, 2.45) is 11.8 Å². The number of alkyl halides is 2. The molecule has 0 bridgehead atoms. The third-order valence-electron chi connectivity index (χ3n) is 9.12. The number of carbonyl (C=O) groups is 3. The van der Waals surface area contributed by atoms with Gasteiger partial charge in [0.05, 0.1) is 17.5 Å². The van der Waals surface area contributed by atoms with E-state index in [1.165, 1.54) is 6.07 Å². The van der Waals surface area contributed by atoms with Crippen LogP contribution in [0.3, 0.4) is 0 Å². The lowest BCUT2D eigenvalue weighted by Crippen LogP contribution is -2.53. The summed E-state index contributed by atoms with van der Waals surface area (Å²) in [6.45, 7) is 0.643. The van der Waals surface area contributed by atoms with E-state index < -0.39 is 35.2 Å². The van der Waals surface area contributed by atoms with E-state index in [-0.39, 0.29) is 49.9 Å². The van der Waals surface area contributed by atoms with Crippen LogP contribution >= 0.6 is 0 Å². The van der Waals surface area contributed by atoms with Crippen molar-refractivity contribution < 1.29 is 27.6 Å². The molecule has 3 aliphatic carbocycles. The van der Waals surface area contributed by atoms with Crippen molar-refractivity contribution in [1.82, 2.24) is 20.5 Å². The summed E-state index contributed by atoms with van der Waals surface area (Å²) >= 11 is 0. The van der Waals surface area contributed by atoms with Gasteiger partial charge in [-0.05, 0) is 69.4 Å². The zero-order chi connectivity index (χ0) is 27.4. The van der Waals surface area contributed by atoms with Crippen LogP contribution in [0.4, 0.5) is 13.2 Å². The number of hydrogen-bond donors (Lipinski definition) is 3. The van der Waals surface area contributed by atoms with Crippen molar-refractivity contribution in [3.63, 3.8) is 0 Å². The van der Waals surface area contributed by atoms with Crippen LogP contribution in [0.5, 0.6) is 0 Å². The fourth-order valence-electron chi connectivity index (χ4n) is 6.45. The molecule has 1 unspecified atom stereocenters. The second-order valence-electron chi connectivity index (χ2n) is 12.0. The topological polar surface area (TPSA) is 94.3 Å². The number of carbonyl (C=O) groups excluding carboxylic acids is 3. The van der Waals surface area contributed by atoms with E-state index in [1.54, 1.807) is 12.1 Å². The van der Waals surface area contributed by atoms with Crippen LogP contribution in [0.1, 0.15) is 76.3 Å². The zero-order valence-corrected chi connectivity index (χ0v) is 21.9. The maximum absolute atomic E-state index is 14.3. The van der Waals surface area contributed by atoms with Gasteiger partial charge >= 0.3 is 0 Å². The number of hydrogen-bond acceptors (Lipinski definition) is 3. The molecule has 7 nitrogen and oxygen atoms in total. The Balaban J connectivity index is 1.19. The summed E-state index contributed by atoms with van der Waals surface area (Å²) in [7, 11) is 0. The van der Waals surface area contributed by atoms with Crippen LogP contribution in [0.15, 0.2) is 24.3 Å². The van der Waals surface area contributed by atoms with Crippen molar-refractivity contribution in [2.45, 2.75) is 94.2 Å². The normalized spacial score (nSPS) is 24.9. The van der Waals surface area contributed by atoms with Crippen molar-refractivity contribution in [1.29, 1.82) is 0 Å². The predicted molar refractivity (Wildman–Crippen MR) is 138 cm³/mol. The second-order valence-corrected chi connectivity index (χ2v) is 12.0. The minimum atomic E-state index is -2.77. The van der Waals surface area contributed by atoms with E-state index in [0.29, 0.717) is 41.9 Å². The highest BCUT2D eigenvalue weighted by Crippen LogP contribution is 2.46. The minimum absolute atomic E-state index is 0.0432. The molecule has 1 aromatic heterocycles. The van der Waals surface area contributed by atoms with Crippen molar-refractivity contribution in [3.05, 3.63) is 35.8 Å². The Labute approximate surface area is 225 Å². The Hall–Kier alpha value is -3.04. The molecule has 0 spiro atoms. The van der Waals surface area contributed by atoms with Crippen molar-refractivity contribution in [3.8, 4) is 0 Å². The number of nitrogens with one attached hydrogen (secondary N) is 3. The van der Waals surface area contributed by atoms with Gasteiger partial charge in [-0.2, -0.15) is 0 Å². The maximum Gasteiger partial charge on any atom is 0.248 e. The summed E-state index contributed by atoms with van der Waals surface area (Å²) in [6, 6.07) is 5.67. The number of nitrogens with zero attached hydrogens (tertiary/aromatic N) is 1. The molecule has 4 aliphatic rings. The molecule has 210 valence electrons. The second kappa shape index (κ2) is 9.86. The highest BCUT2D eigenvalue weighted by Gasteiger charge is 2.49. The van der Waals surface area contributed by atoms with Crippen LogP contribution in [0, 0.1) is 17.7 Å². The number of halogens is 3. The first-order valence-corrected chi connectivity index (χ1v) is 14.2. The van der Waals surface area contributed by atoms with Crippen molar-refractivity contribution in [2.75, 3.05) is 6.54 Å². The van der Waals surface area contributed by atoms with Gasteiger partial charge in [-0.25, -0.2) is 13.2 Å². The highest BCUT2D eigenvalue weighted by atomic mass is 19.3. The third-order valence-corrected chi connectivity index (χ3v) is 9.12. The number of aromatic nitrogens is 1. The monoisotopic (exact) mass is 544 g/mol. The summed E-state index contributed by atoms with van der Waals surface area (Å²) in [5.74, 6) is -4.38. The molecule has 1 aromatic carbocycles.